The molecule has 0 amide bonds. The molecule has 5 nitrogen and oxygen atoms in total. The highest BCUT2D eigenvalue weighted by atomic mass is 16.4. The number of aliphatic carboxylic acids is 1. The monoisotopic (exact) mass is 213 g/mol. The molecular weight excluding hydrogens is 198 g/mol. The summed E-state index contributed by atoms with van der Waals surface area (Å²) in [5.41, 5.74) is 4.26. The molecule has 0 bridgehead atoms. The first-order chi connectivity index (χ1) is 6.83. The Hall–Kier alpha value is -1.49. The molecule has 5 N–H and O–H groups in total. The summed E-state index contributed by atoms with van der Waals surface area (Å²) in [6.45, 7) is 1.43. The van der Waals surface area contributed by atoms with Gasteiger partial charge in [0.1, 0.15) is 5.54 Å². The van der Waals surface area contributed by atoms with E-state index in [9.17, 15) is 9.90 Å². The lowest BCUT2D eigenvalue weighted by Crippen LogP contribution is -2.46. The molecular formula is C10H15NO4. The molecule has 1 aliphatic rings. The number of hydrogen-bond donors (Lipinski definition) is 4. The quantitative estimate of drug-likeness (QED) is 0.561. The Morgan fingerprint density at radius 3 is 2.67 bits per heavy atom. The van der Waals surface area contributed by atoms with Crippen molar-refractivity contribution in [1.29, 1.82) is 0 Å². The second kappa shape index (κ2) is 3.94. The maximum atomic E-state index is 10.8. The van der Waals surface area contributed by atoms with E-state index in [0.717, 1.165) is 0 Å². The van der Waals surface area contributed by atoms with Crippen molar-refractivity contribution < 1.29 is 20.1 Å². The van der Waals surface area contributed by atoms with Crippen molar-refractivity contribution in [3.8, 4) is 0 Å². The Morgan fingerprint density at radius 1 is 1.60 bits per heavy atom. The highest BCUT2D eigenvalue weighted by Gasteiger charge is 2.31. The molecule has 5 heteroatoms. The summed E-state index contributed by atoms with van der Waals surface area (Å²) in [6.07, 6.45) is 3.59. The van der Waals surface area contributed by atoms with Gasteiger partial charge in [-0.05, 0) is 37.8 Å². The Labute approximate surface area is 87.5 Å². The van der Waals surface area contributed by atoms with Crippen LogP contribution in [0.25, 0.3) is 0 Å². The summed E-state index contributed by atoms with van der Waals surface area (Å²) in [4.78, 5) is 10.8. The predicted molar refractivity (Wildman–Crippen MR) is 54.4 cm³/mol. The van der Waals surface area contributed by atoms with E-state index in [-0.39, 0.29) is 23.9 Å². The number of allylic oxidation sites excluding steroid dienone is 2. The maximum Gasteiger partial charge on any atom is 0.323 e. The van der Waals surface area contributed by atoms with Crippen molar-refractivity contribution >= 4 is 5.97 Å². The van der Waals surface area contributed by atoms with E-state index in [1.54, 1.807) is 0 Å². The zero-order chi connectivity index (χ0) is 11.6. The van der Waals surface area contributed by atoms with Gasteiger partial charge >= 0.3 is 5.97 Å². The summed E-state index contributed by atoms with van der Waals surface area (Å²) in [5, 5.41) is 27.2. The van der Waals surface area contributed by atoms with Crippen molar-refractivity contribution in [3.63, 3.8) is 0 Å². The van der Waals surface area contributed by atoms with Crippen LogP contribution in [0.1, 0.15) is 19.8 Å². The van der Waals surface area contributed by atoms with Crippen LogP contribution in [0.5, 0.6) is 0 Å². The fraction of sp³-hybridized carbons (Fsp3) is 0.500. The maximum absolute atomic E-state index is 10.8. The van der Waals surface area contributed by atoms with E-state index < -0.39 is 11.5 Å². The molecule has 1 rings (SSSR count). The van der Waals surface area contributed by atoms with Crippen LogP contribution < -0.4 is 5.73 Å². The van der Waals surface area contributed by atoms with E-state index in [2.05, 4.69) is 0 Å². The second-order valence-electron chi connectivity index (χ2n) is 4.06. The van der Waals surface area contributed by atoms with Crippen LogP contribution in [0.3, 0.4) is 0 Å². The number of nitrogens with two attached hydrogens (primary N) is 1. The molecule has 0 aromatic rings. The second-order valence-corrected chi connectivity index (χ2v) is 4.06. The number of rotatable bonds is 3. The van der Waals surface area contributed by atoms with Crippen LogP contribution in [0, 0.1) is 5.92 Å². The van der Waals surface area contributed by atoms with Gasteiger partial charge in [-0.3, -0.25) is 4.79 Å². The lowest BCUT2D eigenvalue weighted by Gasteiger charge is -2.25. The molecule has 0 saturated heterocycles. The number of hydrogen-bond acceptors (Lipinski definition) is 4. The fourth-order valence-corrected chi connectivity index (χ4v) is 1.52. The van der Waals surface area contributed by atoms with E-state index in [1.807, 2.05) is 0 Å². The number of carboxylic acid groups (broad SMARTS) is 1. The first kappa shape index (κ1) is 11.6. The number of carbonyl (C=O) groups is 1. The smallest absolute Gasteiger partial charge is 0.323 e. The molecule has 0 saturated carbocycles. The molecule has 2 atom stereocenters. The van der Waals surface area contributed by atoms with Crippen LogP contribution in [0.4, 0.5) is 0 Å². The summed E-state index contributed by atoms with van der Waals surface area (Å²) in [5.74, 6) is -1.62. The molecule has 0 aromatic heterocycles. The van der Waals surface area contributed by atoms with Gasteiger partial charge in [-0.1, -0.05) is 0 Å². The highest BCUT2D eigenvalue weighted by Crippen LogP contribution is 2.26. The minimum atomic E-state index is -1.32. The van der Waals surface area contributed by atoms with Gasteiger partial charge in [0.25, 0.3) is 0 Å². The van der Waals surface area contributed by atoms with Crippen LogP contribution in [-0.2, 0) is 4.79 Å². The van der Waals surface area contributed by atoms with Crippen LogP contribution >= 0.6 is 0 Å². The SMILES string of the molecule is C[C@](N)(CC1C=C(O)C(O)=CC1)C(=O)O. The molecule has 0 aliphatic heterocycles. The lowest BCUT2D eigenvalue weighted by atomic mass is 9.85. The molecule has 0 fully saturated rings. The average Bonchev–Trinajstić information content (AvgIpc) is 2.10. The molecule has 1 aliphatic carbocycles. The van der Waals surface area contributed by atoms with E-state index in [0.29, 0.717) is 6.42 Å². The molecule has 1 unspecified atom stereocenters. The number of aliphatic hydroxyl groups excluding tert-OH is 2. The molecule has 0 radical (unpaired) electrons. The Kier molecular flexibility index (Phi) is 3.04. The van der Waals surface area contributed by atoms with Gasteiger partial charge in [0.2, 0.25) is 0 Å². The molecule has 0 aromatic carbocycles. The van der Waals surface area contributed by atoms with Gasteiger partial charge in [-0.2, -0.15) is 0 Å². The van der Waals surface area contributed by atoms with Crippen molar-refractivity contribution in [2.24, 2.45) is 11.7 Å². The van der Waals surface area contributed by atoms with Gasteiger partial charge in [-0.15, -0.1) is 0 Å². The van der Waals surface area contributed by atoms with Crippen molar-refractivity contribution in [2.75, 3.05) is 0 Å². The van der Waals surface area contributed by atoms with Gasteiger partial charge in [0, 0.05) is 0 Å². The van der Waals surface area contributed by atoms with Gasteiger partial charge < -0.3 is 21.1 Å². The van der Waals surface area contributed by atoms with Crippen molar-refractivity contribution in [3.05, 3.63) is 23.7 Å². The molecule has 15 heavy (non-hydrogen) atoms. The summed E-state index contributed by atoms with van der Waals surface area (Å²) in [6, 6.07) is 0. The number of aliphatic hydroxyl groups is 2. The first-order valence-corrected chi connectivity index (χ1v) is 4.65. The highest BCUT2D eigenvalue weighted by molar-refractivity contribution is 5.77. The molecule has 84 valence electrons. The van der Waals surface area contributed by atoms with Crippen LogP contribution in [0.15, 0.2) is 23.7 Å². The van der Waals surface area contributed by atoms with Crippen molar-refractivity contribution in [2.45, 2.75) is 25.3 Å². The van der Waals surface area contributed by atoms with Crippen molar-refractivity contribution in [1.82, 2.24) is 0 Å². The standard InChI is InChI=1S/C10H15NO4/c1-10(11,9(14)15)5-6-2-3-7(12)8(13)4-6/h3-4,6,12-13H,2,5,11H2,1H3,(H,14,15)/t6?,10-/m0/s1. The third-order valence-electron chi connectivity index (χ3n) is 2.44. The van der Waals surface area contributed by atoms with E-state index in [1.165, 1.54) is 19.1 Å². The minimum Gasteiger partial charge on any atom is -0.504 e. The summed E-state index contributed by atoms with van der Waals surface area (Å²) < 4.78 is 0. The Morgan fingerprint density at radius 2 is 2.20 bits per heavy atom. The van der Waals surface area contributed by atoms with Gasteiger partial charge in [0.05, 0.1) is 0 Å². The molecule has 0 spiro atoms. The summed E-state index contributed by atoms with van der Waals surface area (Å²) >= 11 is 0. The van der Waals surface area contributed by atoms with Crippen LogP contribution in [0.2, 0.25) is 0 Å². The lowest BCUT2D eigenvalue weighted by molar-refractivity contribution is -0.143. The largest absolute Gasteiger partial charge is 0.504 e. The predicted octanol–water partition coefficient (Wildman–Crippen LogP) is 1.08. The zero-order valence-electron chi connectivity index (χ0n) is 8.47. The van der Waals surface area contributed by atoms with Gasteiger partial charge in [-0.25, -0.2) is 0 Å². The summed E-state index contributed by atoms with van der Waals surface area (Å²) in [7, 11) is 0. The zero-order valence-corrected chi connectivity index (χ0v) is 8.47. The number of carboxylic acids is 1. The Bertz CT molecular complexity index is 330. The first-order valence-electron chi connectivity index (χ1n) is 4.65. The van der Waals surface area contributed by atoms with Gasteiger partial charge in [0.15, 0.2) is 11.5 Å². The van der Waals surface area contributed by atoms with E-state index in [4.69, 9.17) is 15.9 Å². The topological polar surface area (TPSA) is 104 Å². The third-order valence-corrected chi connectivity index (χ3v) is 2.44. The fourth-order valence-electron chi connectivity index (χ4n) is 1.52. The minimum absolute atomic E-state index is 0.160. The van der Waals surface area contributed by atoms with Crippen LogP contribution in [-0.4, -0.2) is 26.8 Å². The normalized spacial score (nSPS) is 25.1. The Balaban J connectivity index is 2.67. The molecule has 0 heterocycles. The van der Waals surface area contributed by atoms with E-state index >= 15 is 0 Å². The average molecular weight is 213 g/mol. The third kappa shape index (κ3) is 2.73.